The number of rotatable bonds is 6. The zero-order valence-electron chi connectivity index (χ0n) is 13.4. The van der Waals surface area contributed by atoms with Crippen molar-refractivity contribution in [3.63, 3.8) is 0 Å². The van der Waals surface area contributed by atoms with E-state index in [0.29, 0.717) is 13.0 Å². The van der Waals surface area contributed by atoms with Crippen molar-refractivity contribution in [3.05, 3.63) is 52.2 Å². The Morgan fingerprint density at radius 3 is 2.83 bits per heavy atom. The Morgan fingerprint density at radius 2 is 2.08 bits per heavy atom. The molecular weight excluding hydrogens is 322 g/mol. The molecule has 1 aliphatic heterocycles. The van der Waals surface area contributed by atoms with E-state index < -0.39 is 0 Å². The first-order valence-electron chi connectivity index (χ1n) is 8.07. The Hall–Kier alpha value is -2.18. The molecule has 0 saturated carbocycles. The maximum absolute atomic E-state index is 12.2. The summed E-state index contributed by atoms with van der Waals surface area (Å²) in [7, 11) is 0. The second-order valence-corrected chi connectivity index (χ2v) is 7.02. The fourth-order valence-electron chi connectivity index (χ4n) is 3.10. The Balaban J connectivity index is 1.68. The predicted molar refractivity (Wildman–Crippen MR) is 95.7 cm³/mol. The van der Waals surface area contributed by atoms with Crippen LogP contribution in [0.15, 0.2) is 41.8 Å². The van der Waals surface area contributed by atoms with Crippen molar-refractivity contribution in [2.75, 3.05) is 11.9 Å². The second-order valence-electron chi connectivity index (χ2n) is 5.99. The highest BCUT2D eigenvalue weighted by Crippen LogP contribution is 2.24. The molecule has 2 aromatic rings. The van der Waals surface area contributed by atoms with E-state index in [1.807, 2.05) is 41.8 Å². The quantitative estimate of drug-likeness (QED) is 0.845. The fourth-order valence-corrected chi connectivity index (χ4v) is 3.81. The normalized spacial score (nSPS) is 17.8. The Labute approximate surface area is 145 Å². The summed E-state index contributed by atoms with van der Waals surface area (Å²) >= 11 is 1.58. The van der Waals surface area contributed by atoms with Crippen LogP contribution in [0.1, 0.15) is 23.3 Å². The van der Waals surface area contributed by atoms with Crippen LogP contribution in [0.3, 0.4) is 0 Å². The van der Waals surface area contributed by atoms with Gasteiger partial charge in [-0.15, -0.1) is 11.3 Å². The average molecular weight is 343 g/mol. The van der Waals surface area contributed by atoms with Crippen LogP contribution >= 0.6 is 11.3 Å². The van der Waals surface area contributed by atoms with Crippen molar-refractivity contribution >= 4 is 28.8 Å². The third-order valence-electron chi connectivity index (χ3n) is 4.27. The Kier molecular flexibility index (Phi) is 5.27. The lowest BCUT2D eigenvalue weighted by Gasteiger charge is -2.23. The monoisotopic (exact) mass is 343 g/mol. The number of para-hydroxylation sites is 1. The molecule has 0 bridgehead atoms. The highest BCUT2D eigenvalue weighted by atomic mass is 32.1. The minimum absolute atomic E-state index is 0.0298. The molecule has 1 fully saturated rings. The zero-order valence-corrected chi connectivity index (χ0v) is 14.2. The molecule has 1 aromatic carbocycles. The number of nitrogens with zero attached hydrogens (tertiary/aromatic N) is 1. The first kappa shape index (κ1) is 16.7. The molecule has 126 valence electrons. The number of likely N-dealkylation sites (tertiary alicyclic amines) is 1. The minimum atomic E-state index is -0.272. The van der Waals surface area contributed by atoms with E-state index in [0.717, 1.165) is 35.5 Å². The Morgan fingerprint density at radius 1 is 1.25 bits per heavy atom. The van der Waals surface area contributed by atoms with Crippen LogP contribution in [-0.2, 0) is 22.6 Å². The highest BCUT2D eigenvalue weighted by Gasteiger charge is 2.29. The van der Waals surface area contributed by atoms with Gasteiger partial charge in [0.2, 0.25) is 11.8 Å². The summed E-state index contributed by atoms with van der Waals surface area (Å²) < 4.78 is 0. The Bertz CT molecular complexity index is 715. The lowest BCUT2D eigenvalue weighted by Crippen LogP contribution is -2.39. The zero-order chi connectivity index (χ0) is 16.9. The lowest BCUT2D eigenvalue weighted by molar-refractivity contribution is -0.122. The van der Waals surface area contributed by atoms with Crippen LogP contribution in [0, 0.1) is 0 Å². The molecule has 3 rings (SSSR count). The van der Waals surface area contributed by atoms with Gasteiger partial charge in [0.25, 0.3) is 0 Å². The maximum Gasteiger partial charge on any atom is 0.234 e. The lowest BCUT2D eigenvalue weighted by atomic mass is 10.1. The SMILES string of the molecule is NC(=O)[C@H]1CCCN1Cc1ccccc1NC(=O)Cc1cccs1. The van der Waals surface area contributed by atoms with Crippen LogP contribution in [0.4, 0.5) is 5.69 Å². The van der Waals surface area contributed by atoms with Gasteiger partial charge in [0.1, 0.15) is 0 Å². The van der Waals surface area contributed by atoms with Crippen molar-refractivity contribution in [3.8, 4) is 0 Å². The van der Waals surface area contributed by atoms with Gasteiger partial charge in [0.15, 0.2) is 0 Å². The van der Waals surface area contributed by atoms with E-state index in [-0.39, 0.29) is 17.9 Å². The summed E-state index contributed by atoms with van der Waals surface area (Å²) in [5.41, 5.74) is 7.29. The summed E-state index contributed by atoms with van der Waals surface area (Å²) in [6, 6.07) is 11.4. The number of nitrogens with two attached hydrogens (primary N) is 1. The van der Waals surface area contributed by atoms with Gasteiger partial charge in [-0.25, -0.2) is 0 Å². The van der Waals surface area contributed by atoms with Gasteiger partial charge in [0.05, 0.1) is 12.5 Å². The van der Waals surface area contributed by atoms with Gasteiger partial charge in [-0.1, -0.05) is 24.3 Å². The van der Waals surface area contributed by atoms with Crippen LogP contribution in [0.2, 0.25) is 0 Å². The fraction of sp³-hybridized carbons (Fsp3) is 0.333. The number of hydrogen-bond donors (Lipinski definition) is 2. The third kappa shape index (κ3) is 4.01. The van der Waals surface area contributed by atoms with Gasteiger partial charge in [-0.05, 0) is 42.5 Å². The van der Waals surface area contributed by atoms with E-state index in [2.05, 4.69) is 10.2 Å². The van der Waals surface area contributed by atoms with Crippen molar-refractivity contribution in [1.82, 2.24) is 4.90 Å². The number of anilines is 1. The van der Waals surface area contributed by atoms with Gasteiger partial charge in [-0.3, -0.25) is 14.5 Å². The highest BCUT2D eigenvalue weighted by molar-refractivity contribution is 7.10. The first-order valence-corrected chi connectivity index (χ1v) is 8.95. The van der Waals surface area contributed by atoms with Gasteiger partial charge in [-0.2, -0.15) is 0 Å². The number of benzene rings is 1. The molecule has 24 heavy (non-hydrogen) atoms. The molecular formula is C18H21N3O2S. The summed E-state index contributed by atoms with van der Waals surface area (Å²) in [5.74, 6) is -0.301. The van der Waals surface area contributed by atoms with E-state index in [1.165, 1.54) is 0 Å². The number of primary amides is 1. The van der Waals surface area contributed by atoms with E-state index in [9.17, 15) is 9.59 Å². The van der Waals surface area contributed by atoms with E-state index >= 15 is 0 Å². The number of carbonyl (C=O) groups is 2. The molecule has 0 spiro atoms. The van der Waals surface area contributed by atoms with Crippen LogP contribution in [0.5, 0.6) is 0 Å². The molecule has 1 aromatic heterocycles. The van der Waals surface area contributed by atoms with Crippen molar-refractivity contribution in [1.29, 1.82) is 0 Å². The number of thiophene rings is 1. The molecule has 2 heterocycles. The number of nitrogens with one attached hydrogen (secondary N) is 1. The molecule has 0 radical (unpaired) electrons. The van der Waals surface area contributed by atoms with Crippen LogP contribution in [-0.4, -0.2) is 29.3 Å². The van der Waals surface area contributed by atoms with Gasteiger partial charge >= 0.3 is 0 Å². The predicted octanol–water partition coefficient (Wildman–Crippen LogP) is 2.38. The van der Waals surface area contributed by atoms with Crippen molar-refractivity contribution in [2.45, 2.75) is 31.8 Å². The summed E-state index contributed by atoms with van der Waals surface area (Å²) in [6.45, 7) is 1.47. The summed E-state index contributed by atoms with van der Waals surface area (Å²) in [5, 5.41) is 4.96. The van der Waals surface area contributed by atoms with E-state index in [1.54, 1.807) is 11.3 Å². The number of hydrogen-bond acceptors (Lipinski definition) is 4. The van der Waals surface area contributed by atoms with Crippen molar-refractivity contribution in [2.24, 2.45) is 5.73 Å². The van der Waals surface area contributed by atoms with Crippen LogP contribution in [0.25, 0.3) is 0 Å². The molecule has 0 unspecified atom stereocenters. The molecule has 3 N–H and O–H groups in total. The maximum atomic E-state index is 12.2. The second kappa shape index (κ2) is 7.59. The summed E-state index contributed by atoms with van der Waals surface area (Å²) in [4.78, 5) is 26.9. The third-order valence-corrected chi connectivity index (χ3v) is 5.15. The molecule has 0 aliphatic carbocycles. The van der Waals surface area contributed by atoms with E-state index in [4.69, 9.17) is 5.73 Å². The molecule has 6 heteroatoms. The first-order chi connectivity index (χ1) is 11.6. The molecule has 5 nitrogen and oxygen atoms in total. The standard InChI is InChI=1S/C18H21N3O2S/c19-18(23)16-8-3-9-21(16)12-13-5-1-2-7-15(13)20-17(22)11-14-6-4-10-24-14/h1-2,4-7,10,16H,3,8-9,11-12H2,(H2,19,23)(H,20,22)/t16-/m1/s1. The summed E-state index contributed by atoms with van der Waals surface area (Å²) in [6.07, 6.45) is 2.16. The minimum Gasteiger partial charge on any atom is -0.368 e. The van der Waals surface area contributed by atoms with Gasteiger partial charge in [0, 0.05) is 17.1 Å². The smallest absolute Gasteiger partial charge is 0.234 e. The topological polar surface area (TPSA) is 75.4 Å². The number of amides is 2. The number of carbonyl (C=O) groups excluding carboxylic acids is 2. The molecule has 1 aliphatic rings. The van der Waals surface area contributed by atoms with Crippen LogP contribution < -0.4 is 11.1 Å². The molecule has 1 saturated heterocycles. The molecule has 1 atom stereocenters. The molecule has 2 amide bonds. The average Bonchev–Trinajstić information content (AvgIpc) is 3.20. The largest absolute Gasteiger partial charge is 0.368 e. The van der Waals surface area contributed by atoms with Crippen molar-refractivity contribution < 1.29 is 9.59 Å². The van der Waals surface area contributed by atoms with Gasteiger partial charge < -0.3 is 11.1 Å².